The molecular formula is C16H16O5. The Hall–Kier alpha value is -2.69. The number of para-hydroxylation sites is 1. The first-order valence-corrected chi connectivity index (χ1v) is 6.26. The molecule has 5 heteroatoms. The maximum atomic E-state index is 11.4. The first-order chi connectivity index (χ1) is 10.2. The van der Waals surface area contributed by atoms with E-state index in [4.69, 9.17) is 14.2 Å². The second-order valence-corrected chi connectivity index (χ2v) is 4.11. The number of rotatable bonds is 5. The van der Waals surface area contributed by atoms with Crippen LogP contribution in [0, 0.1) is 0 Å². The molecule has 0 aromatic heterocycles. The van der Waals surface area contributed by atoms with Gasteiger partial charge in [0.2, 0.25) is 5.75 Å². The lowest BCUT2D eigenvalue weighted by Gasteiger charge is -2.13. The molecule has 0 amide bonds. The fraction of sp³-hybridized carbons (Fsp3) is 0.188. The molecule has 2 rings (SSSR count). The summed E-state index contributed by atoms with van der Waals surface area (Å²) < 4.78 is 20.9. The predicted octanol–water partition coefficient (Wildman–Crippen LogP) is 3.28. The Balaban J connectivity index is 2.24. The molecule has 5 nitrogen and oxygen atoms in total. The van der Waals surface area contributed by atoms with E-state index in [-0.39, 0.29) is 5.97 Å². The second kappa shape index (κ2) is 6.65. The van der Waals surface area contributed by atoms with Gasteiger partial charge in [0, 0.05) is 0 Å². The maximum absolute atomic E-state index is 11.4. The minimum absolute atomic E-state index is 0.388. The van der Waals surface area contributed by atoms with E-state index in [1.807, 2.05) is 0 Å². The zero-order valence-corrected chi connectivity index (χ0v) is 12.1. The van der Waals surface area contributed by atoms with Crippen molar-refractivity contribution in [1.82, 2.24) is 0 Å². The summed E-state index contributed by atoms with van der Waals surface area (Å²) >= 11 is 0. The van der Waals surface area contributed by atoms with Crippen LogP contribution >= 0.6 is 0 Å². The van der Waals surface area contributed by atoms with Crippen molar-refractivity contribution >= 4 is 5.97 Å². The Bertz CT molecular complexity index is 619. The van der Waals surface area contributed by atoms with Crippen molar-refractivity contribution in [2.24, 2.45) is 0 Å². The van der Waals surface area contributed by atoms with Gasteiger partial charge in [-0.05, 0) is 36.4 Å². The second-order valence-electron chi connectivity index (χ2n) is 4.11. The lowest BCUT2D eigenvalue weighted by molar-refractivity contribution is 0.0600. The Morgan fingerprint density at radius 2 is 1.52 bits per heavy atom. The van der Waals surface area contributed by atoms with Crippen LogP contribution in [0.5, 0.6) is 23.0 Å². The van der Waals surface area contributed by atoms with Gasteiger partial charge in [0.05, 0.1) is 26.9 Å². The molecule has 0 spiro atoms. The molecule has 21 heavy (non-hydrogen) atoms. The summed E-state index contributed by atoms with van der Waals surface area (Å²) in [5.74, 6) is 1.82. The predicted molar refractivity (Wildman–Crippen MR) is 77.4 cm³/mol. The molecule has 0 saturated heterocycles. The van der Waals surface area contributed by atoms with Gasteiger partial charge < -0.3 is 18.9 Å². The number of hydrogen-bond donors (Lipinski definition) is 0. The van der Waals surface area contributed by atoms with E-state index in [1.54, 1.807) is 56.7 Å². The van der Waals surface area contributed by atoms with Crippen LogP contribution in [0.4, 0.5) is 0 Å². The van der Waals surface area contributed by atoms with Crippen molar-refractivity contribution in [3.8, 4) is 23.0 Å². The van der Waals surface area contributed by atoms with Gasteiger partial charge in [-0.25, -0.2) is 4.79 Å². The van der Waals surface area contributed by atoms with Gasteiger partial charge in [0.15, 0.2) is 11.5 Å². The van der Waals surface area contributed by atoms with E-state index >= 15 is 0 Å². The smallest absolute Gasteiger partial charge is 0.337 e. The molecule has 0 aliphatic heterocycles. The number of benzene rings is 2. The Kier molecular flexibility index (Phi) is 4.66. The number of carbonyl (C=O) groups is 1. The highest BCUT2D eigenvalue weighted by Crippen LogP contribution is 2.38. The number of methoxy groups -OCH3 is 3. The van der Waals surface area contributed by atoms with E-state index in [2.05, 4.69) is 4.74 Å². The molecule has 0 fully saturated rings. The van der Waals surface area contributed by atoms with Gasteiger partial charge in [0.25, 0.3) is 0 Å². The van der Waals surface area contributed by atoms with Crippen molar-refractivity contribution in [3.63, 3.8) is 0 Å². The van der Waals surface area contributed by atoms with Crippen LogP contribution in [0.2, 0.25) is 0 Å². The van der Waals surface area contributed by atoms with Gasteiger partial charge in [-0.15, -0.1) is 0 Å². The van der Waals surface area contributed by atoms with Crippen molar-refractivity contribution in [1.29, 1.82) is 0 Å². The molecule has 110 valence electrons. The zero-order chi connectivity index (χ0) is 15.2. The molecular weight excluding hydrogens is 272 g/mol. The quantitative estimate of drug-likeness (QED) is 0.790. The van der Waals surface area contributed by atoms with Crippen molar-refractivity contribution < 1.29 is 23.7 Å². The summed E-state index contributed by atoms with van der Waals surface area (Å²) in [5, 5.41) is 0. The van der Waals surface area contributed by atoms with Gasteiger partial charge in [-0.2, -0.15) is 0 Å². The standard InChI is InChI=1S/C16H16O5/c1-18-13-5-4-6-14(15(13)19-2)21-12-9-7-11(8-10-12)16(17)20-3/h4-10H,1-3H3. The van der Waals surface area contributed by atoms with E-state index in [0.29, 0.717) is 28.6 Å². The maximum Gasteiger partial charge on any atom is 0.337 e. The average molecular weight is 288 g/mol. The minimum atomic E-state index is -0.388. The fourth-order valence-electron chi connectivity index (χ4n) is 1.84. The summed E-state index contributed by atoms with van der Waals surface area (Å²) in [6.07, 6.45) is 0. The zero-order valence-electron chi connectivity index (χ0n) is 12.1. The molecule has 0 saturated carbocycles. The highest BCUT2D eigenvalue weighted by molar-refractivity contribution is 5.89. The van der Waals surface area contributed by atoms with E-state index in [0.717, 1.165) is 0 Å². The Labute approximate surface area is 123 Å². The lowest BCUT2D eigenvalue weighted by Crippen LogP contribution is -2.00. The summed E-state index contributed by atoms with van der Waals surface area (Å²) in [4.78, 5) is 11.4. The van der Waals surface area contributed by atoms with Gasteiger partial charge in [-0.3, -0.25) is 0 Å². The molecule has 0 bridgehead atoms. The highest BCUT2D eigenvalue weighted by Gasteiger charge is 2.12. The fourth-order valence-corrected chi connectivity index (χ4v) is 1.84. The number of ether oxygens (including phenoxy) is 4. The largest absolute Gasteiger partial charge is 0.493 e. The minimum Gasteiger partial charge on any atom is -0.493 e. The molecule has 0 unspecified atom stereocenters. The van der Waals surface area contributed by atoms with Crippen molar-refractivity contribution in [2.75, 3.05) is 21.3 Å². The van der Waals surface area contributed by atoms with Gasteiger partial charge >= 0.3 is 5.97 Å². The lowest BCUT2D eigenvalue weighted by atomic mass is 10.2. The summed E-state index contributed by atoms with van der Waals surface area (Å²) in [5.41, 5.74) is 0.461. The number of carbonyl (C=O) groups excluding carboxylic acids is 1. The summed E-state index contributed by atoms with van der Waals surface area (Å²) in [6.45, 7) is 0. The Morgan fingerprint density at radius 1 is 0.857 bits per heavy atom. The molecule has 0 N–H and O–H groups in total. The molecule has 0 atom stereocenters. The normalized spacial score (nSPS) is 9.86. The van der Waals surface area contributed by atoms with Crippen LogP contribution < -0.4 is 14.2 Å². The molecule has 0 radical (unpaired) electrons. The monoisotopic (exact) mass is 288 g/mol. The number of esters is 1. The number of hydrogen-bond acceptors (Lipinski definition) is 5. The van der Waals surface area contributed by atoms with Crippen LogP contribution in [-0.4, -0.2) is 27.3 Å². The third kappa shape index (κ3) is 3.25. The van der Waals surface area contributed by atoms with Crippen LogP contribution in [0.3, 0.4) is 0 Å². The van der Waals surface area contributed by atoms with Crippen LogP contribution in [0.25, 0.3) is 0 Å². The first kappa shape index (κ1) is 14.7. The van der Waals surface area contributed by atoms with Crippen LogP contribution in [-0.2, 0) is 4.74 Å². The molecule has 0 aliphatic carbocycles. The van der Waals surface area contributed by atoms with Crippen molar-refractivity contribution in [2.45, 2.75) is 0 Å². The molecule has 2 aromatic rings. The summed E-state index contributed by atoms with van der Waals surface area (Å²) in [7, 11) is 4.45. The Morgan fingerprint density at radius 3 is 2.10 bits per heavy atom. The van der Waals surface area contributed by atoms with E-state index in [9.17, 15) is 4.79 Å². The first-order valence-electron chi connectivity index (χ1n) is 6.26. The summed E-state index contributed by atoms with van der Waals surface area (Å²) in [6, 6.07) is 12.0. The van der Waals surface area contributed by atoms with Crippen LogP contribution in [0.1, 0.15) is 10.4 Å². The topological polar surface area (TPSA) is 54.0 Å². The van der Waals surface area contributed by atoms with Crippen LogP contribution in [0.15, 0.2) is 42.5 Å². The average Bonchev–Trinajstić information content (AvgIpc) is 2.54. The van der Waals surface area contributed by atoms with E-state index < -0.39 is 0 Å². The molecule has 2 aromatic carbocycles. The van der Waals surface area contributed by atoms with Crippen molar-refractivity contribution in [3.05, 3.63) is 48.0 Å². The van der Waals surface area contributed by atoms with Gasteiger partial charge in [-0.1, -0.05) is 6.07 Å². The highest BCUT2D eigenvalue weighted by atomic mass is 16.5. The van der Waals surface area contributed by atoms with E-state index in [1.165, 1.54) is 7.11 Å². The molecule has 0 aliphatic rings. The third-order valence-electron chi connectivity index (χ3n) is 2.87. The van der Waals surface area contributed by atoms with Gasteiger partial charge in [0.1, 0.15) is 5.75 Å². The SMILES string of the molecule is COC(=O)c1ccc(Oc2cccc(OC)c2OC)cc1. The third-order valence-corrected chi connectivity index (χ3v) is 2.87. The molecule has 0 heterocycles.